The molecule has 1 rings (SSSR count). The van der Waals surface area contributed by atoms with E-state index >= 15 is 0 Å². The minimum Gasteiger partial charge on any atom is -0.313 e. The Kier molecular flexibility index (Phi) is 7.29. The number of nitrogens with one attached hydrogen (secondary N) is 1. The summed E-state index contributed by atoms with van der Waals surface area (Å²) in [7, 11) is 0. The first-order chi connectivity index (χ1) is 8.27. The number of halogens is 1. The lowest BCUT2D eigenvalue weighted by atomic mass is 10.1. The van der Waals surface area contributed by atoms with Crippen LogP contribution in [0.15, 0.2) is 24.3 Å². The maximum Gasteiger partial charge on any atom is 0.126 e. The van der Waals surface area contributed by atoms with Gasteiger partial charge in [0, 0.05) is 11.8 Å². The Morgan fingerprint density at radius 3 is 2.71 bits per heavy atom. The van der Waals surface area contributed by atoms with Crippen molar-refractivity contribution in [2.24, 2.45) is 0 Å². The fraction of sp³-hybridized carbons (Fsp3) is 0.571. The first-order valence-electron chi connectivity index (χ1n) is 6.32. The van der Waals surface area contributed by atoms with Crippen LogP contribution >= 0.6 is 11.8 Å². The van der Waals surface area contributed by atoms with Gasteiger partial charge < -0.3 is 5.32 Å². The number of hydrogen-bond acceptors (Lipinski definition) is 2. The van der Waals surface area contributed by atoms with E-state index in [0.29, 0.717) is 6.04 Å². The fourth-order valence-corrected chi connectivity index (χ4v) is 2.75. The van der Waals surface area contributed by atoms with Gasteiger partial charge in [-0.1, -0.05) is 32.0 Å². The standard InChI is InChI=1S/C14H22FNS/c1-3-9-17-11-13(16-4-2)10-12-7-5-6-8-14(12)15/h5-8,13,16H,3-4,9-11H2,1-2H3. The summed E-state index contributed by atoms with van der Waals surface area (Å²) in [5.41, 5.74) is 0.815. The van der Waals surface area contributed by atoms with Crippen LogP contribution in [0.5, 0.6) is 0 Å². The van der Waals surface area contributed by atoms with Gasteiger partial charge in [-0.05, 0) is 36.8 Å². The average Bonchev–Trinajstić information content (AvgIpc) is 2.32. The summed E-state index contributed by atoms with van der Waals surface area (Å²) in [6, 6.07) is 7.43. The molecule has 0 saturated carbocycles. The van der Waals surface area contributed by atoms with E-state index in [1.807, 2.05) is 23.9 Å². The molecule has 0 aliphatic carbocycles. The molecule has 0 aliphatic heterocycles. The van der Waals surface area contributed by atoms with Crippen molar-refractivity contribution < 1.29 is 4.39 Å². The second-order valence-electron chi connectivity index (χ2n) is 4.13. The van der Waals surface area contributed by atoms with E-state index in [-0.39, 0.29) is 5.82 Å². The summed E-state index contributed by atoms with van der Waals surface area (Å²) in [5.74, 6) is 2.14. The Bertz CT molecular complexity index is 317. The monoisotopic (exact) mass is 255 g/mol. The van der Waals surface area contributed by atoms with Gasteiger partial charge in [0.25, 0.3) is 0 Å². The molecule has 1 nitrogen and oxygen atoms in total. The van der Waals surface area contributed by atoms with E-state index in [1.54, 1.807) is 6.07 Å². The zero-order valence-electron chi connectivity index (χ0n) is 10.7. The highest BCUT2D eigenvalue weighted by Gasteiger charge is 2.10. The van der Waals surface area contributed by atoms with E-state index in [9.17, 15) is 4.39 Å². The van der Waals surface area contributed by atoms with Gasteiger partial charge in [-0.2, -0.15) is 11.8 Å². The van der Waals surface area contributed by atoms with Crippen molar-refractivity contribution in [3.8, 4) is 0 Å². The lowest BCUT2D eigenvalue weighted by molar-refractivity contribution is 0.545. The van der Waals surface area contributed by atoms with E-state index < -0.39 is 0 Å². The van der Waals surface area contributed by atoms with Crippen LogP contribution in [-0.2, 0) is 6.42 Å². The lowest BCUT2D eigenvalue weighted by Crippen LogP contribution is -2.33. The molecule has 0 radical (unpaired) electrons. The number of thioether (sulfide) groups is 1. The molecule has 0 spiro atoms. The zero-order chi connectivity index (χ0) is 12.5. The second kappa shape index (κ2) is 8.54. The topological polar surface area (TPSA) is 12.0 Å². The maximum absolute atomic E-state index is 13.5. The third kappa shape index (κ3) is 5.55. The molecule has 17 heavy (non-hydrogen) atoms. The smallest absolute Gasteiger partial charge is 0.126 e. The lowest BCUT2D eigenvalue weighted by Gasteiger charge is -2.17. The highest BCUT2D eigenvalue weighted by atomic mass is 32.2. The predicted molar refractivity (Wildman–Crippen MR) is 75.2 cm³/mol. The van der Waals surface area contributed by atoms with Crippen molar-refractivity contribution in [3.63, 3.8) is 0 Å². The molecular formula is C14H22FNS. The molecule has 1 atom stereocenters. The van der Waals surface area contributed by atoms with Gasteiger partial charge in [0.15, 0.2) is 0 Å². The molecule has 1 aromatic carbocycles. The highest BCUT2D eigenvalue weighted by Crippen LogP contribution is 2.13. The maximum atomic E-state index is 13.5. The summed E-state index contributed by atoms with van der Waals surface area (Å²) < 4.78 is 13.5. The zero-order valence-corrected chi connectivity index (χ0v) is 11.5. The van der Waals surface area contributed by atoms with Crippen LogP contribution in [0.25, 0.3) is 0 Å². The molecule has 3 heteroatoms. The number of hydrogen-bond donors (Lipinski definition) is 1. The SMILES string of the molecule is CCCSCC(Cc1ccccc1F)NCC. The molecule has 0 aliphatic rings. The van der Waals surface area contributed by atoms with Crippen molar-refractivity contribution in [2.75, 3.05) is 18.1 Å². The molecule has 0 saturated heterocycles. The van der Waals surface area contributed by atoms with Crippen molar-refractivity contribution >= 4 is 11.8 Å². The van der Waals surface area contributed by atoms with Crippen LogP contribution in [0.4, 0.5) is 4.39 Å². The molecule has 1 N–H and O–H groups in total. The Morgan fingerprint density at radius 2 is 2.06 bits per heavy atom. The molecule has 0 fully saturated rings. The molecular weight excluding hydrogens is 233 g/mol. The number of benzene rings is 1. The van der Waals surface area contributed by atoms with Crippen molar-refractivity contribution in [2.45, 2.75) is 32.7 Å². The van der Waals surface area contributed by atoms with Crippen molar-refractivity contribution in [1.82, 2.24) is 5.32 Å². The summed E-state index contributed by atoms with van der Waals surface area (Å²) >= 11 is 1.94. The third-order valence-electron chi connectivity index (χ3n) is 2.58. The van der Waals surface area contributed by atoms with Gasteiger partial charge in [-0.25, -0.2) is 4.39 Å². The van der Waals surface area contributed by atoms with Crippen molar-refractivity contribution in [1.29, 1.82) is 0 Å². The Hall–Kier alpha value is -0.540. The average molecular weight is 255 g/mol. The van der Waals surface area contributed by atoms with Crippen LogP contribution in [0.2, 0.25) is 0 Å². The predicted octanol–water partition coefficient (Wildman–Crippen LogP) is 3.49. The van der Waals surface area contributed by atoms with Crippen LogP contribution in [0, 0.1) is 5.82 Å². The molecule has 0 bridgehead atoms. The van der Waals surface area contributed by atoms with Crippen LogP contribution in [0.1, 0.15) is 25.8 Å². The Morgan fingerprint density at radius 1 is 1.29 bits per heavy atom. The summed E-state index contributed by atoms with van der Waals surface area (Å²) in [6.07, 6.45) is 1.97. The van der Waals surface area contributed by atoms with E-state index in [0.717, 1.165) is 24.3 Å². The molecule has 1 aromatic rings. The summed E-state index contributed by atoms with van der Waals surface area (Å²) in [4.78, 5) is 0. The molecule has 96 valence electrons. The minimum absolute atomic E-state index is 0.0871. The van der Waals surface area contributed by atoms with Gasteiger partial charge in [0.2, 0.25) is 0 Å². The molecule has 1 unspecified atom stereocenters. The fourth-order valence-electron chi connectivity index (χ4n) is 1.78. The minimum atomic E-state index is -0.0871. The highest BCUT2D eigenvalue weighted by molar-refractivity contribution is 7.99. The Balaban J connectivity index is 2.50. The van der Waals surface area contributed by atoms with Gasteiger partial charge in [0.05, 0.1) is 0 Å². The van der Waals surface area contributed by atoms with E-state index in [1.165, 1.54) is 18.2 Å². The van der Waals surface area contributed by atoms with Gasteiger partial charge in [0.1, 0.15) is 5.82 Å². The molecule has 0 amide bonds. The van der Waals surface area contributed by atoms with Gasteiger partial charge in [-0.15, -0.1) is 0 Å². The number of rotatable bonds is 8. The van der Waals surface area contributed by atoms with E-state index in [4.69, 9.17) is 0 Å². The normalized spacial score (nSPS) is 12.6. The van der Waals surface area contributed by atoms with Crippen LogP contribution in [0.3, 0.4) is 0 Å². The third-order valence-corrected chi connectivity index (χ3v) is 3.92. The van der Waals surface area contributed by atoms with Crippen LogP contribution in [-0.4, -0.2) is 24.1 Å². The van der Waals surface area contributed by atoms with Gasteiger partial charge in [-0.3, -0.25) is 0 Å². The first-order valence-corrected chi connectivity index (χ1v) is 7.47. The second-order valence-corrected chi connectivity index (χ2v) is 5.27. The summed E-state index contributed by atoms with van der Waals surface area (Å²) in [5, 5.41) is 3.43. The van der Waals surface area contributed by atoms with E-state index in [2.05, 4.69) is 19.2 Å². The van der Waals surface area contributed by atoms with Gasteiger partial charge >= 0.3 is 0 Å². The molecule has 0 aromatic heterocycles. The first kappa shape index (κ1) is 14.5. The molecule has 0 heterocycles. The quantitative estimate of drug-likeness (QED) is 0.714. The largest absolute Gasteiger partial charge is 0.313 e. The Labute approximate surface area is 108 Å². The van der Waals surface area contributed by atoms with Crippen molar-refractivity contribution in [3.05, 3.63) is 35.6 Å². The summed E-state index contributed by atoms with van der Waals surface area (Å²) in [6.45, 7) is 5.22. The van der Waals surface area contributed by atoms with Crippen LogP contribution < -0.4 is 5.32 Å². The number of likely N-dealkylation sites (N-methyl/N-ethyl adjacent to an activating group) is 1.